The Morgan fingerprint density at radius 1 is 1.50 bits per heavy atom. The summed E-state index contributed by atoms with van der Waals surface area (Å²) in [5.41, 5.74) is 1.79. The van der Waals surface area contributed by atoms with Gasteiger partial charge >= 0.3 is 0 Å². The van der Waals surface area contributed by atoms with Gasteiger partial charge in [-0.2, -0.15) is 0 Å². The number of methoxy groups -OCH3 is 1. The number of amides is 1. The molecule has 2 N–H and O–H groups in total. The van der Waals surface area contributed by atoms with Gasteiger partial charge < -0.3 is 15.4 Å². The summed E-state index contributed by atoms with van der Waals surface area (Å²) < 4.78 is 5.16. The van der Waals surface area contributed by atoms with Crippen molar-refractivity contribution in [2.75, 3.05) is 32.1 Å². The number of anilines is 1. The zero-order valence-corrected chi connectivity index (χ0v) is 12.2. The third-order valence-electron chi connectivity index (χ3n) is 3.79. The van der Waals surface area contributed by atoms with Gasteiger partial charge in [-0.05, 0) is 43.7 Å². The highest BCUT2D eigenvalue weighted by Crippen LogP contribution is 2.48. The van der Waals surface area contributed by atoms with E-state index in [4.69, 9.17) is 4.74 Å². The topological polar surface area (TPSA) is 63.2 Å². The molecule has 1 aromatic rings. The van der Waals surface area contributed by atoms with Crippen LogP contribution in [0.1, 0.15) is 36.7 Å². The molecule has 1 heterocycles. The zero-order chi connectivity index (χ0) is 14.4. The van der Waals surface area contributed by atoms with Crippen LogP contribution in [0.25, 0.3) is 0 Å². The molecule has 0 atom stereocenters. The Bertz CT molecular complexity index is 458. The smallest absolute Gasteiger partial charge is 0.269 e. The summed E-state index contributed by atoms with van der Waals surface area (Å²) in [6.07, 6.45) is 5.25. The fourth-order valence-electron chi connectivity index (χ4n) is 2.22. The first-order valence-electron chi connectivity index (χ1n) is 7.16. The van der Waals surface area contributed by atoms with Crippen molar-refractivity contribution in [3.63, 3.8) is 0 Å². The van der Waals surface area contributed by atoms with Gasteiger partial charge in [0.25, 0.3) is 5.91 Å². The summed E-state index contributed by atoms with van der Waals surface area (Å²) in [6, 6.07) is 3.70. The van der Waals surface area contributed by atoms with E-state index in [1.807, 2.05) is 13.0 Å². The highest BCUT2D eigenvalue weighted by atomic mass is 16.5. The van der Waals surface area contributed by atoms with Crippen LogP contribution >= 0.6 is 0 Å². The molecule has 0 aliphatic heterocycles. The third kappa shape index (κ3) is 3.93. The second-order valence-electron chi connectivity index (χ2n) is 5.39. The van der Waals surface area contributed by atoms with Crippen LogP contribution in [-0.2, 0) is 4.74 Å². The molecular weight excluding hydrogens is 254 g/mol. The molecule has 1 aliphatic rings. The van der Waals surface area contributed by atoms with Crippen LogP contribution in [0, 0.1) is 5.41 Å². The highest BCUT2D eigenvalue weighted by molar-refractivity contribution is 5.93. The van der Waals surface area contributed by atoms with Crippen molar-refractivity contribution in [2.45, 2.75) is 26.2 Å². The normalized spacial score (nSPS) is 15.7. The van der Waals surface area contributed by atoms with Gasteiger partial charge in [-0.3, -0.25) is 9.78 Å². The third-order valence-corrected chi connectivity index (χ3v) is 3.79. The molecule has 1 saturated carbocycles. The zero-order valence-electron chi connectivity index (χ0n) is 12.2. The number of rotatable bonds is 8. The minimum Gasteiger partial charge on any atom is -0.385 e. The summed E-state index contributed by atoms with van der Waals surface area (Å²) in [4.78, 5) is 15.8. The van der Waals surface area contributed by atoms with Gasteiger partial charge in [0.05, 0.1) is 0 Å². The average molecular weight is 277 g/mol. The molecule has 1 amide bonds. The Kier molecular flexibility index (Phi) is 4.95. The van der Waals surface area contributed by atoms with Crippen LogP contribution < -0.4 is 10.6 Å². The van der Waals surface area contributed by atoms with Crippen LogP contribution in [0.15, 0.2) is 18.3 Å². The molecule has 1 aromatic heterocycles. The van der Waals surface area contributed by atoms with Gasteiger partial charge in [-0.1, -0.05) is 0 Å². The Balaban J connectivity index is 1.90. The first-order valence-corrected chi connectivity index (χ1v) is 7.16. The largest absolute Gasteiger partial charge is 0.385 e. The SMILES string of the molecule is CCNC(=O)c1cc(NCC2(CCOC)CC2)ccn1. The van der Waals surface area contributed by atoms with Crippen molar-refractivity contribution in [3.05, 3.63) is 24.0 Å². The van der Waals surface area contributed by atoms with E-state index in [1.54, 1.807) is 19.4 Å². The lowest BCUT2D eigenvalue weighted by molar-refractivity contribution is 0.0951. The maximum atomic E-state index is 11.7. The van der Waals surface area contributed by atoms with Crippen molar-refractivity contribution in [3.8, 4) is 0 Å². The number of aromatic nitrogens is 1. The van der Waals surface area contributed by atoms with Crippen molar-refractivity contribution in [1.29, 1.82) is 0 Å². The van der Waals surface area contributed by atoms with Crippen LogP contribution in [0.5, 0.6) is 0 Å². The van der Waals surface area contributed by atoms with E-state index in [2.05, 4.69) is 15.6 Å². The summed E-state index contributed by atoms with van der Waals surface area (Å²) in [7, 11) is 1.74. The molecule has 0 aromatic carbocycles. The molecule has 2 rings (SSSR count). The maximum Gasteiger partial charge on any atom is 0.269 e. The molecule has 5 nitrogen and oxygen atoms in total. The Labute approximate surface area is 120 Å². The average Bonchev–Trinajstić information content (AvgIpc) is 3.24. The number of hydrogen-bond acceptors (Lipinski definition) is 4. The van der Waals surface area contributed by atoms with Gasteiger partial charge in [-0.15, -0.1) is 0 Å². The van der Waals surface area contributed by atoms with Gasteiger partial charge in [0, 0.05) is 38.7 Å². The minimum atomic E-state index is -0.128. The highest BCUT2D eigenvalue weighted by Gasteiger charge is 2.41. The summed E-state index contributed by atoms with van der Waals surface area (Å²) in [5.74, 6) is -0.128. The standard InChI is InChI=1S/C15H23N3O2/c1-3-16-14(19)13-10-12(4-8-17-13)18-11-15(5-6-15)7-9-20-2/h4,8,10H,3,5-7,9,11H2,1-2H3,(H,16,19)(H,17,18). The fraction of sp³-hybridized carbons (Fsp3) is 0.600. The molecule has 1 fully saturated rings. The Hall–Kier alpha value is -1.62. The Morgan fingerprint density at radius 3 is 2.95 bits per heavy atom. The quantitative estimate of drug-likeness (QED) is 0.763. The first kappa shape index (κ1) is 14.8. The fourth-order valence-corrected chi connectivity index (χ4v) is 2.22. The molecule has 0 spiro atoms. The van der Waals surface area contributed by atoms with Gasteiger partial charge in [-0.25, -0.2) is 0 Å². The number of carbonyl (C=O) groups excluding carboxylic acids is 1. The molecular formula is C15H23N3O2. The first-order chi connectivity index (χ1) is 9.69. The molecule has 0 radical (unpaired) electrons. The molecule has 0 saturated heterocycles. The van der Waals surface area contributed by atoms with E-state index in [9.17, 15) is 4.79 Å². The molecule has 0 unspecified atom stereocenters. The monoisotopic (exact) mass is 277 g/mol. The molecule has 1 aliphatic carbocycles. The minimum absolute atomic E-state index is 0.128. The lowest BCUT2D eigenvalue weighted by Crippen LogP contribution is -2.24. The lowest BCUT2D eigenvalue weighted by atomic mass is 10.0. The van der Waals surface area contributed by atoms with E-state index in [0.29, 0.717) is 17.7 Å². The van der Waals surface area contributed by atoms with E-state index in [1.165, 1.54) is 12.8 Å². The Morgan fingerprint density at radius 2 is 2.30 bits per heavy atom. The number of pyridine rings is 1. The maximum absolute atomic E-state index is 11.7. The summed E-state index contributed by atoms with van der Waals surface area (Å²) in [6.45, 7) is 4.24. The van der Waals surface area contributed by atoms with Gasteiger partial charge in [0.15, 0.2) is 0 Å². The van der Waals surface area contributed by atoms with E-state index in [-0.39, 0.29) is 5.91 Å². The number of ether oxygens (including phenoxy) is 1. The van der Waals surface area contributed by atoms with Crippen LogP contribution in [0.4, 0.5) is 5.69 Å². The van der Waals surface area contributed by atoms with Crippen LogP contribution in [0.3, 0.4) is 0 Å². The van der Waals surface area contributed by atoms with Gasteiger partial charge in [0.2, 0.25) is 0 Å². The number of nitrogens with zero attached hydrogens (tertiary/aromatic N) is 1. The number of nitrogens with one attached hydrogen (secondary N) is 2. The van der Waals surface area contributed by atoms with Crippen LogP contribution in [0.2, 0.25) is 0 Å². The predicted molar refractivity (Wildman–Crippen MR) is 78.9 cm³/mol. The summed E-state index contributed by atoms with van der Waals surface area (Å²) >= 11 is 0. The second-order valence-corrected chi connectivity index (χ2v) is 5.39. The van der Waals surface area contributed by atoms with Gasteiger partial charge in [0.1, 0.15) is 5.69 Å². The van der Waals surface area contributed by atoms with Crippen molar-refractivity contribution >= 4 is 11.6 Å². The van der Waals surface area contributed by atoms with Crippen LogP contribution in [-0.4, -0.2) is 37.7 Å². The van der Waals surface area contributed by atoms with E-state index in [0.717, 1.165) is 25.3 Å². The van der Waals surface area contributed by atoms with Crippen molar-refractivity contribution < 1.29 is 9.53 Å². The van der Waals surface area contributed by atoms with E-state index < -0.39 is 0 Å². The summed E-state index contributed by atoms with van der Waals surface area (Å²) in [5, 5.41) is 6.17. The van der Waals surface area contributed by atoms with E-state index >= 15 is 0 Å². The number of carbonyl (C=O) groups is 1. The lowest BCUT2D eigenvalue weighted by Gasteiger charge is -2.16. The predicted octanol–water partition coefficient (Wildman–Crippen LogP) is 2.06. The molecule has 5 heteroatoms. The number of hydrogen-bond donors (Lipinski definition) is 2. The molecule has 110 valence electrons. The van der Waals surface area contributed by atoms with Crippen molar-refractivity contribution in [2.24, 2.45) is 5.41 Å². The molecule has 20 heavy (non-hydrogen) atoms. The van der Waals surface area contributed by atoms with Crippen molar-refractivity contribution in [1.82, 2.24) is 10.3 Å². The second kappa shape index (κ2) is 6.70. The molecule has 0 bridgehead atoms.